The van der Waals surface area contributed by atoms with Gasteiger partial charge in [-0.15, -0.1) is 11.3 Å². The molecule has 0 fully saturated rings. The lowest BCUT2D eigenvalue weighted by Crippen LogP contribution is -2.21. The van der Waals surface area contributed by atoms with E-state index in [9.17, 15) is 0 Å². The average Bonchev–Trinajstić information content (AvgIpc) is 3.05. The van der Waals surface area contributed by atoms with E-state index in [-0.39, 0.29) is 0 Å². The lowest BCUT2D eigenvalue weighted by Gasteiger charge is -2.12. The van der Waals surface area contributed by atoms with Crippen LogP contribution in [0.3, 0.4) is 0 Å². The van der Waals surface area contributed by atoms with Gasteiger partial charge < -0.3 is 5.32 Å². The summed E-state index contributed by atoms with van der Waals surface area (Å²) in [5.74, 6) is 0. The highest BCUT2D eigenvalue weighted by Crippen LogP contribution is 2.32. The molecule has 1 aliphatic carbocycles. The van der Waals surface area contributed by atoms with Crippen molar-refractivity contribution < 1.29 is 0 Å². The molecular formula is C16H23N3S. The van der Waals surface area contributed by atoms with Crippen LogP contribution in [0, 0.1) is 0 Å². The van der Waals surface area contributed by atoms with E-state index in [0.29, 0.717) is 6.04 Å². The van der Waals surface area contributed by atoms with Gasteiger partial charge in [-0.2, -0.15) is 5.10 Å². The third-order valence-corrected chi connectivity index (χ3v) is 5.62. The topological polar surface area (TPSA) is 29.9 Å². The minimum absolute atomic E-state index is 0.457. The molecule has 0 saturated carbocycles. The van der Waals surface area contributed by atoms with E-state index in [0.717, 1.165) is 13.0 Å². The average molecular weight is 289 g/mol. The van der Waals surface area contributed by atoms with Crippen LogP contribution in [0.5, 0.6) is 0 Å². The highest BCUT2D eigenvalue weighted by atomic mass is 32.1. The zero-order valence-corrected chi connectivity index (χ0v) is 13.2. The van der Waals surface area contributed by atoms with E-state index in [1.807, 2.05) is 29.3 Å². The summed E-state index contributed by atoms with van der Waals surface area (Å²) < 4.78 is 1.95. The quantitative estimate of drug-likeness (QED) is 0.915. The first-order valence-corrected chi connectivity index (χ1v) is 8.37. The van der Waals surface area contributed by atoms with E-state index in [1.54, 1.807) is 10.4 Å². The van der Waals surface area contributed by atoms with Gasteiger partial charge in [-0.1, -0.05) is 0 Å². The van der Waals surface area contributed by atoms with Crippen LogP contribution >= 0.6 is 11.3 Å². The number of aromatic nitrogens is 2. The molecule has 2 aromatic heterocycles. The lowest BCUT2D eigenvalue weighted by molar-refractivity contribution is 0.570. The molecule has 3 rings (SSSR count). The van der Waals surface area contributed by atoms with E-state index in [1.165, 1.54) is 36.3 Å². The second kappa shape index (κ2) is 6.10. The number of nitrogens with zero attached hydrogens (tertiary/aromatic N) is 2. The number of rotatable bonds is 5. The summed E-state index contributed by atoms with van der Waals surface area (Å²) >= 11 is 2.01. The van der Waals surface area contributed by atoms with Crippen LogP contribution in [0.25, 0.3) is 0 Å². The first kappa shape index (κ1) is 13.8. The van der Waals surface area contributed by atoms with Gasteiger partial charge in [0.1, 0.15) is 0 Å². The molecule has 1 N–H and O–H groups in total. The Bertz CT molecular complexity index is 547. The maximum atomic E-state index is 4.21. The zero-order chi connectivity index (χ0) is 13.9. The smallest absolute Gasteiger partial charge is 0.0492 e. The van der Waals surface area contributed by atoms with Gasteiger partial charge in [0.2, 0.25) is 0 Å². The normalized spacial score (nSPS) is 16.1. The Kier molecular flexibility index (Phi) is 4.22. The summed E-state index contributed by atoms with van der Waals surface area (Å²) in [5.41, 5.74) is 2.90. The summed E-state index contributed by atoms with van der Waals surface area (Å²) in [5, 5.41) is 7.85. The van der Waals surface area contributed by atoms with Crippen molar-refractivity contribution in [2.75, 3.05) is 6.54 Å². The molecule has 4 heteroatoms. The Morgan fingerprint density at radius 2 is 2.25 bits per heavy atom. The molecule has 1 aliphatic rings. The Morgan fingerprint density at radius 1 is 1.40 bits per heavy atom. The Morgan fingerprint density at radius 3 is 3.00 bits per heavy atom. The fourth-order valence-electron chi connectivity index (χ4n) is 2.89. The summed E-state index contributed by atoms with van der Waals surface area (Å²) in [6, 6.07) is 4.98. The van der Waals surface area contributed by atoms with Crippen molar-refractivity contribution in [3.63, 3.8) is 0 Å². The number of fused-ring (bicyclic) bond motifs is 1. The highest BCUT2D eigenvalue weighted by Gasteiger charge is 2.16. The van der Waals surface area contributed by atoms with Crippen LogP contribution in [-0.4, -0.2) is 16.3 Å². The molecule has 0 amide bonds. The first-order valence-electron chi connectivity index (χ1n) is 7.56. The van der Waals surface area contributed by atoms with Crippen molar-refractivity contribution in [1.29, 1.82) is 0 Å². The maximum absolute atomic E-state index is 4.21. The van der Waals surface area contributed by atoms with Crippen LogP contribution in [0.15, 0.2) is 18.3 Å². The monoisotopic (exact) mass is 289 g/mol. The number of aryl methyl sites for hydroxylation is 3. The molecule has 0 radical (unpaired) electrons. The van der Waals surface area contributed by atoms with Gasteiger partial charge in [0, 0.05) is 47.7 Å². The van der Waals surface area contributed by atoms with Crippen LogP contribution in [0.1, 0.15) is 46.8 Å². The summed E-state index contributed by atoms with van der Waals surface area (Å²) in [7, 11) is 2.01. The van der Waals surface area contributed by atoms with E-state index >= 15 is 0 Å². The fraction of sp³-hybridized carbons (Fsp3) is 0.562. The number of thiophene rings is 1. The molecule has 108 valence electrons. The fourth-order valence-corrected chi connectivity index (χ4v) is 4.18. The molecule has 1 unspecified atom stereocenters. The molecular weight excluding hydrogens is 266 g/mol. The molecule has 20 heavy (non-hydrogen) atoms. The van der Waals surface area contributed by atoms with Gasteiger partial charge in [-0.3, -0.25) is 4.68 Å². The van der Waals surface area contributed by atoms with E-state index in [2.05, 4.69) is 29.5 Å². The number of hydrogen-bond acceptors (Lipinski definition) is 3. The van der Waals surface area contributed by atoms with E-state index in [4.69, 9.17) is 0 Å². The van der Waals surface area contributed by atoms with Crippen LogP contribution in [0.4, 0.5) is 0 Å². The molecule has 0 aromatic carbocycles. The molecule has 0 aliphatic heterocycles. The van der Waals surface area contributed by atoms with Crippen LogP contribution < -0.4 is 5.32 Å². The van der Waals surface area contributed by atoms with Crippen molar-refractivity contribution in [3.8, 4) is 0 Å². The van der Waals surface area contributed by atoms with E-state index < -0.39 is 0 Å². The first-order chi connectivity index (χ1) is 9.74. The van der Waals surface area contributed by atoms with Crippen molar-refractivity contribution in [1.82, 2.24) is 15.1 Å². The third kappa shape index (κ3) is 2.96. The molecule has 0 bridgehead atoms. The molecule has 2 aromatic rings. The van der Waals surface area contributed by atoms with Crippen molar-refractivity contribution in [3.05, 3.63) is 39.3 Å². The van der Waals surface area contributed by atoms with Gasteiger partial charge in [-0.25, -0.2) is 0 Å². The summed E-state index contributed by atoms with van der Waals surface area (Å²) in [6.45, 7) is 3.28. The van der Waals surface area contributed by atoms with Crippen molar-refractivity contribution >= 4 is 11.3 Å². The largest absolute Gasteiger partial charge is 0.309 e. The van der Waals surface area contributed by atoms with Gasteiger partial charge in [0.25, 0.3) is 0 Å². The van der Waals surface area contributed by atoms with Crippen molar-refractivity contribution in [2.24, 2.45) is 7.05 Å². The van der Waals surface area contributed by atoms with Gasteiger partial charge in [0.05, 0.1) is 0 Å². The second-order valence-corrected chi connectivity index (χ2v) is 6.84. The predicted octanol–water partition coefficient (Wildman–Crippen LogP) is 3.25. The minimum atomic E-state index is 0.457. The Labute approximate surface area is 125 Å². The molecule has 1 atom stereocenters. The minimum Gasteiger partial charge on any atom is -0.309 e. The summed E-state index contributed by atoms with van der Waals surface area (Å²) in [6.07, 6.45) is 8.22. The molecule has 0 spiro atoms. The number of hydrogen-bond donors (Lipinski definition) is 1. The predicted molar refractivity (Wildman–Crippen MR) is 84.3 cm³/mol. The highest BCUT2D eigenvalue weighted by molar-refractivity contribution is 7.12. The third-order valence-electron chi connectivity index (χ3n) is 4.20. The van der Waals surface area contributed by atoms with Crippen LogP contribution in [-0.2, 0) is 26.3 Å². The Hall–Kier alpha value is -1.13. The van der Waals surface area contributed by atoms with Gasteiger partial charge >= 0.3 is 0 Å². The lowest BCUT2D eigenvalue weighted by atomic mass is 9.99. The standard InChI is InChI=1S/C16H23N3S/c1-12(17-9-7-14-8-10-18-19(14)2)16-11-13-5-3-4-6-15(13)20-16/h8,10-12,17H,3-7,9H2,1-2H3. The number of nitrogens with one attached hydrogen (secondary N) is 1. The molecule has 0 saturated heterocycles. The zero-order valence-electron chi connectivity index (χ0n) is 12.4. The second-order valence-electron chi connectivity index (χ2n) is 5.68. The maximum Gasteiger partial charge on any atom is 0.0492 e. The Balaban J connectivity index is 1.55. The summed E-state index contributed by atoms with van der Waals surface area (Å²) in [4.78, 5) is 3.13. The molecule has 2 heterocycles. The molecule has 3 nitrogen and oxygen atoms in total. The van der Waals surface area contributed by atoms with Gasteiger partial charge in [0.15, 0.2) is 0 Å². The van der Waals surface area contributed by atoms with Crippen LogP contribution in [0.2, 0.25) is 0 Å². The SMILES string of the molecule is CC(NCCc1ccnn1C)c1cc2c(s1)CCCC2. The van der Waals surface area contributed by atoms with Gasteiger partial charge in [-0.05, 0) is 50.3 Å². The van der Waals surface area contributed by atoms with Crippen molar-refractivity contribution in [2.45, 2.75) is 45.1 Å².